The molecule has 2 heterocycles. The summed E-state index contributed by atoms with van der Waals surface area (Å²) in [4.78, 5) is 20.2. The average Bonchev–Trinajstić information content (AvgIpc) is 2.99. The van der Waals surface area contributed by atoms with E-state index in [2.05, 4.69) is 28.0 Å². The number of nitrogens with one attached hydrogen (secondary N) is 1. The van der Waals surface area contributed by atoms with Gasteiger partial charge in [-0.1, -0.05) is 15.9 Å². The van der Waals surface area contributed by atoms with Crippen LogP contribution in [0.25, 0.3) is 0 Å². The Labute approximate surface area is 189 Å². The van der Waals surface area contributed by atoms with Gasteiger partial charge in [0.25, 0.3) is 0 Å². The van der Waals surface area contributed by atoms with Gasteiger partial charge in [0.05, 0.1) is 25.1 Å². The van der Waals surface area contributed by atoms with Crippen molar-refractivity contribution in [2.45, 2.75) is 46.3 Å². The van der Waals surface area contributed by atoms with Crippen molar-refractivity contribution in [3.63, 3.8) is 0 Å². The van der Waals surface area contributed by atoms with Crippen LogP contribution in [-0.2, 0) is 17.7 Å². The first-order valence-corrected chi connectivity index (χ1v) is 11.6. The van der Waals surface area contributed by atoms with Crippen LogP contribution in [0.4, 0.5) is 5.00 Å². The molecule has 0 saturated carbocycles. The first-order chi connectivity index (χ1) is 14.1. The number of likely N-dealkylation sites (N-methyl/N-ethyl adjacent to an activating group) is 1. The SMILES string of the molecule is CCOc1cc(Br)cc(/C=N/c2sc3c(c2C(=O)OC(C)(C)C)CC[NH+](C)C3)c1O. The molecule has 2 aromatic rings. The number of ether oxygens (including phenoxy) is 2. The van der Waals surface area contributed by atoms with E-state index < -0.39 is 5.60 Å². The molecule has 0 fully saturated rings. The second-order valence-corrected chi connectivity index (χ2v) is 10.4. The number of hydrogen-bond acceptors (Lipinski definition) is 6. The number of aliphatic imine (C=N–C) groups is 1. The zero-order chi connectivity index (χ0) is 22.1. The minimum atomic E-state index is -0.585. The number of benzene rings is 1. The lowest BCUT2D eigenvalue weighted by molar-refractivity contribution is -0.895. The van der Waals surface area contributed by atoms with Crippen LogP contribution in [0, 0.1) is 0 Å². The molecule has 0 radical (unpaired) electrons. The highest BCUT2D eigenvalue weighted by molar-refractivity contribution is 9.10. The van der Waals surface area contributed by atoms with Crippen molar-refractivity contribution in [2.75, 3.05) is 20.2 Å². The summed E-state index contributed by atoms with van der Waals surface area (Å²) in [6, 6.07) is 3.48. The lowest BCUT2D eigenvalue weighted by Crippen LogP contribution is -3.08. The Morgan fingerprint density at radius 3 is 2.80 bits per heavy atom. The molecule has 1 aliphatic rings. The van der Waals surface area contributed by atoms with Crippen LogP contribution >= 0.6 is 27.3 Å². The third-order valence-corrected chi connectivity index (χ3v) is 6.23. The summed E-state index contributed by atoms with van der Waals surface area (Å²) < 4.78 is 11.9. The van der Waals surface area contributed by atoms with Crippen molar-refractivity contribution in [1.82, 2.24) is 0 Å². The van der Waals surface area contributed by atoms with Gasteiger partial charge in [0.1, 0.15) is 22.7 Å². The standard InChI is InChI=1S/C22H27BrN2O4S/c1-6-28-16-10-14(23)9-13(19(16)26)11-24-20-18(21(27)29-22(2,3)4)15-7-8-25(5)12-17(15)30-20/h9-11,26H,6-8,12H2,1-5H3/p+1/b24-11+. The molecule has 1 unspecified atom stereocenters. The molecule has 6 nitrogen and oxygen atoms in total. The van der Waals surface area contributed by atoms with Crippen LogP contribution in [0.2, 0.25) is 0 Å². The Balaban J connectivity index is 2.03. The minimum absolute atomic E-state index is 0.0214. The van der Waals surface area contributed by atoms with Crippen molar-refractivity contribution in [1.29, 1.82) is 0 Å². The predicted molar refractivity (Wildman–Crippen MR) is 123 cm³/mol. The normalized spacial score (nSPS) is 16.5. The molecule has 1 aliphatic heterocycles. The van der Waals surface area contributed by atoms with E-state index in [0.29, 0.717) is 28.5 Å². The fourth-order valence-corrected chi connectivity index (χ4v) is 5.07. The Hall–Kier alpha value is -1.90. The highest BCUT2D eigenvalue weighted by Gasteiger charge is 2.31. The maximum Gasteiger partial charge on any atom is 0.342 e. The van der Waals surface area contributed by atoms with E-state index >= 15 is 0 Å². The molecule has 1 atom stereocenters. The average molecular weight is 496 g/mol. The Bertz CT molecular complexity index is 978. The number of esters is 1. The number of nitrogens with zero attached hydrogens (tertiary/aromatic N) is 1. The lowest BCUT2D eigenvalue weighted by atomic mass is 10.0. The maximum absolute atomic E-state index is 13.0. The second kappa shape index (κ2) is 9.08. The summed E-state index contributed by atoms with van der Waals surface area (Å²) in [6.45, 7) is 9.71. The highest BCUT2D eigenvalue weighted by atomic mass is 79.9. The number of phenols is 1. The van der Waals surface area contributed by atoms with Crippen LogP contribution in [0.3, 0.4) is 0 Å². The monoisotopic (exact) mass is 495 g/mol. The van der Waals surface area contributed by atoms with Crippen LogP contribution in [0.1, 0.15) is 54.1 Å². The van der Waals surface area contributed by atoms with E-state index in [4.69, 9.17) is 9.47 Å². The van der Waals surface area contributed by atoms with Crippen LogP contribution in [0.5, 0.6) is 11.5 Å². The molecule has 0 aliphatic carbocycles. The highest BCUT2D eigenvalue weighted by Crippen LogP contribution is 2.39. The number of aromatic hydroxyl groups is 1. The van der Waals surface area contributed by atoms with Gasteiger partial charge in [0, 0.05) is 22.7 Å². The third kappa shape index (κ3) is 5.22. The Morgan fingerprint density at radius 1 is 1.40 bits per heavy atom. The van der Waals surface area contributed by atoms with E-state index in [1.807, 2.05) is 27.7 Å². The number of carbonyl (C=O) groups excluding carboxylic acids is 1. The fourth-order valence-electron chi connectivity index (χ4n) is 3.32. The largest absolute Gasteiger partial charge is 0.504 e. The van der Waals surface area contributed by atoms with Crippen LogP contribution in [-0.4, -0.2) is 43.1 Å². The predicted octanol–water partition coefficient (Wildman–Crippen LogP) is 3.89. The van der Waals surface area contributed by atoms with E-state index in [-0.39, 0.29) is 11.7 Å². The first kappa shape index (κ1) is 22.8. The van der Waals surface area contributed by atoms with Gasteiger partial charge in [-0.15, -0.1) is 11.3 Å². The fraction of sp³-hybridized carbons (Fsp3) is 0.455. The van der Waals surface area contributed by atoms with Gasteiger partial charge in [0.2, 0.25) is 0 Å². The summed E-state index contributed by atoms with van der Waals surface area (Å²) in [5.41, 5.74) is 1.52. The van der Waals surface area contributed by atoms with Gasteiger partial charge in [-0.2, -0.15) is 0 Å². The number of carbonyl (C=O) groups is 1. The number of halogens is 1. The van der Waals surface area contributed by atoms with Gasteiger partial charge in [-0.3, -0.25) is 0 Å². The van der Waals surface area contributed by atoms with Crippen molar-refractivity contribution < 1.29 is 24.3 Å². The van der Waals surface area contributed by atoms with Gasteiger partial charge >= 0.3 is 5.97 Å². The van der Waals surface area contributed by atoms with Gasteiger partial charge in [-0.25, -0.2) is 9.79 Å². The van der Waals surface area contributed by atoms with E-state index in [1.54, 1.807) is 18.3 Å². The molecule has 1 aromatic carbocycles. The van der Waals surface area contributed by atoms with Crippen molar-refractivity contribution in [3.05, 3.63) is 38.2 Å². The second-order valence-electron chi connectivity index (χ2n) is 8.35. The van der Waals surface area contributed by atoms with Gasteiger partial charge in [-0.05, 0) is 45.4 Å². The molecule has 0 spiro atoms. The number of thiophene rings is 1. The smallest absolute Gasteiger partial charge is 0.342 e. The number of fused-ring (bicyclic) bond motifs is 1. The van der Waals surface area contributed by atoms with Gasteiger partial charge < -0.3 is 19.5 Å². The quantitative estimate of drug-likeness (QED) is 0.487. The third-order valence-electron chi connectivity index (χ3n) is 4.63. The van der Waals surface area contributed by atoms with Crippen LogP contribution in [0.15, 0.2) is 21.6 Å². The molecular weight excluding hydrogens is 468 g/mol. The number of quaternary nitrogens is 1. The van der Waals surface area contributed by atoms with E-state index in [0.717, 1.165) is 29.5 Å². The molecular formula is C22H28BrN2O4S+. The van der Waals surface area contributed by atoms with Crippen molar-refractivity contribution in [2.24, 2.45) is 4.99 Å². The molecule has 8 heteroatoms. The maximum atomic E-state index is 13.0. The first-order valence-electron chi connectivity index (χ1n) is 9.97. The van der Waals surface area contributed by atoms with Crippen LogP contribution < -0.4 is 9.64 Å². The lowest BCUT2D eigenvalue weighted by Gasteiger charge is -2.22. The van der Waals surface area contributed by atoms with Crippen molar-refractivity contribution in [3.8, 4) is 11.5 Å². The minimum Gasteiger partial charge on any atom is -0.504 e. The molecule has 3 rings (SSSR count). The van der Waals surface area contributed by atoms with E-state index in [9.17, 15) is 9.90 Å². The van der Waals surface area contributed by atoms with Gasteiger partial charge in [0.15, 0.2) is 11.5 Å². The zero-order valence-electron chi connectivity index (χ0n) is 18.0. The molecule has 30 heavy (non-hydrogen) atoms. The molecule has 2 N–H and O–H groups in total. The summed E-state index contributed by atoms with van der Waals surface area (Å²) in [6.07, 6.45) is 2.39. The topological polar surface area (TPSA) is 72.6 Å². The molecule has 0 amide bonds. The number of hydrogen-bond donors (Lipinski definition) is 2. The number of phenolic OH excluding ortho intramolecular Hbond substituents is 1. The zero-order valence-corrected chi connectivity index (χ0v) is 20.4. The number of rotatable bonds is 5. The summed E-state index contributed by atoms with van der Waals surface area (Å²) in [7, 11) is 2.15. The Kier molecular flexibility index (Phi) is 6.89. The Morgan fingerprint density at radius 2 is 2.13 bits per heavy atom. The molecule has 162 valence electrons. The molecule has 1 aromatic heterocycles. The van der Waals surface area contributed by atoms with E-state index in [1.165, 1.54) is 21.1 Å². The summed E-state index contributed by atoms with van der Waals surface area (Å²) in [5.74, 6) is 0.0599. The molecule has 0 bridgehead atoms. The summed E-state index contributed by atoms with van der Waals surface area (Å²) in [5, 5.41) is 11.1. The van der Waals surface area contributed by atoms with Crippen molar-refractivity contribution >= 4 is 44.5 Å². The summed E-state index contributed by atoms with van der Waals surface area (Å²) >= 11 is 4.96. The molecule has 0 saturated heterocycles.